The van der Waals surface area contributed by atoms with Crippen molar-refractivity contribution in [3.8, 4) is 0 Å². The van der Waals surface area contributed by atoms with Crippen molar-refractivity contribution in [3.63, 3.8) is 0 Å². The van der Waals surface area contributed by atoms with Gasteiger partial charge in [-0.1, -0.05) is 31.2 Å². The number of rotatable bonds is 4. The summed E-state index contributed by atoms with van der Waals surface area (Å²) in [6.45, 7) is 3.14. The maximum atomic E-state index is 12.9. The van der Waals surface area contributed by atoms with E-state index >= 15 is 0 Å². The highest BCUT2D eigenvalue weighted by molar-refractivity contribution is 5.69. The molecule has 2 atom stereocenters. The van der Waals surface area contributed by atoms with Crippen molar-refractivity contribution in [1.29, 1.82) is 0 Å². The van der Waals surface area contributed by atoms with Crippen LogP contribution in [0.3, 0.4) is 0 Å². The van der Waals surface area contributed by atoms with Crippen LogP contribution < -0.4 is 0 Å². The lowest BCUT2D eigenvalue weighted by atomic mass is 9.99. The molecule has 1 aromatic carbocycles. The standard InChI is InChI=1S/C12H15FO2/c1-8(12(14)15)7-10-3-5-11(6-4-10)9(2)13/h3-6,8-9H,7H2,1-2H3,(H,14,15). The Morgan fingerprint density at radius 1 is 1.33 bits per heavy atom. The Labute approximate surface area is 88.7 Å². The summed E-state index contributed by atoms with van der Waals surface area (Å²) in [5, 5.41) is 8.73. The molecule has 0 aromatic heterocycles. The summed E-state index contributed by atoms with van der Waals surface area (Å²) in [6.07, 6.45) is -0.494. The van der Waals surface area contributed by atoms with Crippen LogP contribution in [0.2, 0.25) is 0 Å². The van der Waals surface area contributed by atoms with E-state index in [0.29, 0.717) is 12.0 Å². The van der Waals surface area contributed by atoms with Gasteiger partial charge in [0.1, 0.15) is 6.17 Å². The molecule has 15 heavy (non-hydrogen) atoms. The molecule has 3 heteroatoms. The van der Waals surface area contributed by atoms with Gasteiger partial charge in [0.25, 0.3) is 0 Å². The minimum atomic E-state index is -0.976. The number of carboxylic acids is 1. The van der Waals surface area contributed by atoms with Crippen molar-refractivity contribution in [2.24, 2.45) is 5.92 Å². The first kappa shape index (κ1) is 11.7. The number of carbonyl (C=O) groups is 1. The van der Waals surface area contributed by atoms with E-state index in [0.717, 1.165) is 5.56 Å². The zero-order valence-corrected chi connectivity index (χ0v) is 8.90. The van der Waals surface area contributed by atoms with Crippen LogP contribution in [-0.2, 0) is 11.2 Å². The molecule has 0 heterocycles. The first-order valence-electron chi connectivity index (χ1n) is 4.96. The number of hydrogen-bond acceptors (Lipinski definition) is 1. The average Bonchev–Trinajstić information content (AvgIpc) is 2.18. The van der Waals surface area contributed by atoms with E-state index in [2.05, 4.69) is 0 Å². The highest BCUT2D eigenvalue weighted by Gasteiger charge is 2.11. The normalized spacial score (nSPS) is 14.6. The zero-order chi connectivity index (χ0) is 11.4. The summed E-state index contributed by atoms with van der Waals surface area (Å²) < 4.78 is 12.9. The van der Waals surface area contributed by atoms with Crippen molar-refractivity contribution in [1.82, 2.24) is 0 Å². The first-order valence-corrected chi connectivity index (χ1v) is 4.96. The Kier molecular flexibility index (Phi) is 3.83. The molecule has 82 valence electrons. The molecular formula is C12H15FO2. The van der Waals surface area contributed by atoms with Gasteiger partial charge in [-0.2, -0.15) is 0 Å². The van der Waals surface area contributed by atoms with Crippen molar-refractivity contribution in [3.05, 3.63) is 35.4 Å². The molecule has 0 saturated heterocycles. The monoisotopic (exact) mass is 210 g/mol. The Bertz CT molecular complexity index is 330. The molecule has 0 aliphatic heterocycles. The number of hydrogen-bond donors (Lipinski definition) is 1. The first-order chi connectivity index (χ1) is 7.00. The zero-order valence-electron chi connectivity index (χ0n) is 8.90. The molecule has 0 fully saturated rings. The topological polar surface area (TPSA) is 37.3 Å². The third-order valence-corrected chi connectivity index (χ3v) is 2.40. The molecule has 0 bridgehead atoms. The SMILES string of the molecule is CC(Cc1ccc(C(C)F)cc1)C(=O)O. The molecule has 1 rings (SSSR count). The Hall–Kier alpha value is -1.38. The quantitative estimate of drug-likeness (QED) is 0.829. The van der Waals surface area contributed by atoms with Gasteiger partial charge < -0.3 is 5.11 Å². The van der Waals surface area contributed by atoms with Crippen LogP contribution in [0.1, 0.15) is 31.1 Å². The van der Waals surface area contributed by atoms with E-state index in [1.165, 1.54) is 6.92 Å². The second kappa shape index (κ2) is 4.91. The van der Waals surface area contributed by atoms with Crippen LogP contribution >= 0.6 is 0 Å². The lowest BCUT2D eigenvalue weighted by Gasteiger charge is -2.07. The fourth-order valence-corrected chi connectivity index (χ4v) is 1.36. The van der Waals surface area contributed by atoms with Gasteiger partial charge in [0.2, 0.25) is 0 Å². The predicted octanol–water partition coefficient (Wildman–Crippen LogP) is 2.98. The van der Waals surface area contributed by atoms with Gasteiger partial charge >= 0.3 is 5.97 Å². The van der Waals surface area contributed by atoms with Crippen LogP contribution in [0, 0.1) is 5.92 Å². The lowest BCUT2D eigenvalue weighted by Crippen LogP contribution is -2.12. The maximum Gasteiger partial charge on any atom is 0.306 e. The number of carboxylic acid groups (broad SMARTS) is 1. The van der Waals surface area contributed by atoms with Crippen LogP contribution in [0.25, 0.3) is 0 Å². The summed E-state index contributed by atoms with van der Waals surface area (Å²) in [5.74, 6) is -1.21. The lowest BCUT2D eigenvalue weighted by molar-refractivity contribution is -0.141. The maximum absolute atomic E-state index is 12.9. The smallest absolute Gasteiger partial charge is 0.306 e. The number of halogens is 1. The molecule has 0 aliphatic carbocycles. The highest BCUT2D eigenvalue weighted by Crippen LogP contribution is 2.18. The number of alkyl halides is 1. The van der Waals surface area contributed by atoms with Gasteiger partial charge in [0.15, 0.2) is 0 Å². The van der Waals surface area contributed by atoms with Gasteiger partial charge in [-0.3, -0.25) is 4.79 Å². The van der Waals surface area contributed by atoms with Crippen molar-refractivity contribution in [2.75, 3.05) is 0 Å². The van der Waals surface area contributed by atoms with E-state index in [1.54, 1.807) is 31.2 Å². The number of aliphatic carboxylic acids is 1. The molecule has 1 aromatic rings. The third kappa shape index (κ3) is 3.35. The van der Waals surface area contributed by atoms with E-state index < -0.39 is 18.1 Å². The second-order valence-corrected chi connectivity index (χ2v) is 3.80. The van der Waals surface area contributed by atoms with Crippen molar-refractivity contribution in [2.45, 2.75) is 26.4 Å². The minimum absolute atomic E-state index is 0.404. The molecule has 0 aliphatic rings. The van der Waals surface area contributed by atoms with Gasteiger partial charge in [-0.25, -0.2) is 4.39 Å². The fraction of sp³-hybridized carbons (Fsp3) is 0.417. The molecule has 2 unspecified atom stereocenters. The molecule has 0 saturated carbocycles. The Morgan fingerprint density at radius 3 is 2.27 bits per heavy atom. The minimum Gasteiger partial charge on any atom is -0.481 e. The van der Waals surface area contributed by atoms with E-state index in [9.17, 15) is 9.18 Å². The van der Waals surface area contributed by atoms with Gasteiger partial charge in [-0.15, -0.1) is 0 Å². The number of benzene rings is 1. The summed E-state index contributed by atoms with van der Waals surface area (Å²) >= 11 is 0. The average molecular weight is 210 g/mol. The third-order valence-electron chi connectivity index (χ3n) is 2.40. The molecular weight excluding hydrogens is 195 g/mol. The highest BCUT2D eigenvalue weighted by atomic mass is 19.1. The largest absolute Gasteiger partial charge is 0.481 e. The molecule has 2 nitrogen and oxygen atoms in total. The predicted molar refractivity (Wildman–Crippen MR) is 56.5 cm³/mol. The Balaban J connectivity index is 2.68. The van der Waals surface area contributed by atoms with Gasteiger partial charge in [0, 0.05) is 0 Å². The van der Waals surface area contributed by atoms with Crippen LogP contribution in [0.4, 0.5) is 4.39 Å². The molecule has 0 spiro atoms. The second-order valence-electron chi connectivity index (χ2n) is 3.80. The fourth-order valence-electron chi connectivity index (χ4n) is 1.36. The van der Waals surface area contributed by atoms with Gasteiger partial charge in [-0.05, 0) is 24.5 Å². The van der Waals surface area contributed by atoms with E-state index in [-0.39, 0.29) is 0 Å². The van der Waals surface area contributed by atoms with Crippen molar-refractivity contribution >= 4 is 5.97 Å². The molecule has 1 N–H and O–H groups in total. The van der Waals surface area contributed by atoms with Crippen LogP contribution in [0.5, 0.6) is 0 Å². The summed E-state index contributed by atoms with van der Waals surface area (Å²) in [5.41, 5.74) is 1.55. The van der Waals surface area contributed by atoms with Crippen LogP contribution in [0.15, 0.2) is 24.3 Å². The summed E-state index contributed by atoms with van der Waals surface area (Å²) in [6, 6.07) is 6.97. The van der Waals surface area contributed by atoms with E-state index in [4.69, 9.17) is 5.11 Å². The Morgan fingerprint density at radius 2 is 1.87 bits per heavy atom. The summed E-state index contributed by atoms with van der Waals surface area (Å²) in [7, 11) is 0. The van der Waals surface area contributed by atoms with Crippen LogP contribution in [-0.4, -0.2) is 11.1 Å². The summed E-state index contributed by atoms with van der Waals surface area (Å²) in [4.78, 5) is 10.6. The van der Waals surface area contributed by atoms with E-state index in [1.807, 2.05) is 0 Å². The van der Waals surface area contributed by atoms with Gasteiger partial charge in [0.05, 0.1) is 5.92 Å². The molecule has 0 amide bonds. The molecule has 0 radical (unpaired) electrons. The van der Waals surface area contributed by atoms with Crippen molar-refractivity contribution < 1.29 is 14.3 Å².